The van der Waals surface area contributed by atoms with Crippen LogP contribution in [0.5, 0.6) is 5.88 Å². The van der Waals surface area contributed by atoms with Crippen molar-refractivity contribution in [1.29, 1.82) is 0 Å². The van der Waals surface area contributed by atoms with Gasteiger partial charge in [0.2, 0.25) is 5.88 Å². The number of rotatable bonds is 7. The fourth-order valence-electron chi connectivity index (χ4n) is 2.13. The topological polar surface area (TPSA) is 99.4 Å². The molecule has 0 saturated carbocycles. The Morgan fingerprint density at radius 2 is 2.08 bits per heavy atom. The summed E-state index contributed by atoms with van der Waals surface area (Å²) in [5, 5.41) is 3.68. The third-order valence-corrected chi connectivity index (χ3v) is 4.67. The highest BCUT2D eigenvalue weighted by Crippen LogP contribution is 2.34. The number of carbonyl (C=O) groups is 1. The number of halogens is 1. The van der Waals surface area contributed by atoms with Gasteiger partial charge in [0.1, 0.15) is 11.4 Å². The third-order valence-electron chi connectivity index (χ3n) is 3.49. The Balaban J connectivity index is 0.00000288. The van der Waals surface area contributed by atoms with E-state index < -0.39 is 0 Å². The maximum Gasteiger partial charge on any atom is 0.261 e. The molecule has 2 heterocycles. The summed E-state index contributed by atoms with van der Waals surface area (Å²) in [7, 11) is 3.13. The largest absolute Gasteiger partial charge is 0.480 e. The van der Waals surface area contributed by atoms with Crippen molar-refractivity contribution in [3.8, 4) is 5.88 Å². The summed E-state index contributed by atoms with van der Waals surface area (Å²) in [5.74, 6) is 1.10. The molecule has 3 N–H and O–H groups in total. The normalized spacial score (nSPS) is 11.9. The molecule has 0 spiro atoms. The van der Waals surface area contributed by atoms with Crippen molar-refractivity contribution in [3.05, 3.63) is 16.3 Å². The van der Waals surface area contributed by atoms with E-state index in [1.807, 2.05) is 13.8 Å². The van der Waals surface area contributed by atoms with E-state index in [9.17, 15) is 4.79 Å². The number of ether oxygens (including phenoxy) is 2. The van der Waals surface area contributed by atoms with Crippen LogP contribution >= 0.6 is 23.7 Å². The van der Waals surface area contributed by atoms with Crippen LogP contribution in [0.4, 0.5) is 0 Å². The fraction of sp³-hybridized carbons (Fsp3) is 0.533. The minimum Gasteiger partial charge on any atom is -0.480 e. The summed E-state index contributed by atoms with van der Waals surface area (Å²) in [6, 6.07) is 0. The van der Waals surface area contributed by atoms with Gasteiger partial charge in [-0.05, 0) is 24.9 Å². The van der Waals surface area contributed by atoms with Crippen LogP contribution < -0.4 is 15.8 Å². The van der Waals surface area contributed by atoms with Crippen LogP contribution in [0.2, 0.25) is 0 Å². The summed E-state index contributed by atoms with van der Waals surface area (Å²) in [5.41, 5.74) is 6.40. The van der Waals surface area contributed by atoms with Gasteiger partial charge in [0.05, 0.1) is 17.4 Å². The van der Waals surface area contributed by atoms with Crippen molar-refractivity contribution >= 4 is 39.9 Å². The first-order valence-corrected chi connectivity index (χ1v) is 8.14. The molecule has 0 saturated heterocycles. The standard InChI is InChI=1S/C15H22N4O3S.ClH/c1-8(5-16)6-17-13(20)12-9(2)11-14(22-4)18-10(7-21-3)19-15(11)23-12;/h8H,5-7,16H2,1-4H3,(H,17,20);1H. The molecule has 1 amide bonds. The number of aryl methyl sites for hydroxylation is 1. The highest BCUT2D eigenvalue weighted by atomic mass is 35.5. The zero-order chi connectivity index (χ0) is 17.0. The fourth-order valence-corrected chi connectivity index (χ4v) is 3.24. The predicted molar refractivity (Wildman–Crippen MR) is 97.2 cm³/mol. The van der Waals surface area contributed by atoms with Crippen molar-refractivity contribution < 1.29 is 14.3 Å². The van der Waals surface area contributed by atoms with Gasteiger partial charge in [0.25, 0.3) is 5.91 Å². The molecule has 0 fully saturated rings. The number of hydrogen-bond acceptors (Lipinski definition) is 7. The van der Waals surface area contributed by atoms with Gasteiger partial charge < -0.3 is 20.5 Å². The Hall–Kier alpha value is -1.48. The first-order chi connectivity index (χ1) is 11.0. The first kappa shape index (κ1) is 20.6. The van der Waals surface area contributed by atoms with Crippen LogP contribution in [0.1, 0.15) is 28.0 Å². The van der Waals surface area contributed by atoms with E-state index in [1.54, 1.807) is 14.2 Å². The lowest BCUT2D eigenvalue weighted by Gasteiger charge is -2.09. The maximum atomic E-state index is 12.4. The second kappa shape index (κ2) is 9.12. The summed E-state index contributed by atoms with van der Waals surface area (Å²) in [6.45, 7) is 5.23. The number of aromatic nitrogens is 2. The SMILES string of the molecule is COCc1nc(OC)c2c(C)c(C(=O)NCC(C)CN)sc2n1.Cl. The molecule has 0 aliphatic carbocycles. The van der Waals surface area contributed by atoms with Gasteiger partial charge in [-0.15, -0.1) is 23.7 Å². The van der Waals surface area contributed by atoms with E-state index in [-0.39, 0.29) is 24.2 Å². The molecule has 7 nitrogen and oxygen atoms in total. The maximum absolute atomic E-state index is 12.4. The molecular formula is C15H23ClN4O3S. The molecule has 1 atom stereocenters. The van der Waals surface area contributed by atoms with Gasteiger partial charge in [0, 0.05) is 13.7 Å². The van der Waals surface area contributed by atoms with Crippen LogP contribution in [0.15, 0.2) is 0 Å². The summed E-state index contributed by atoms with van der Waals surface area (Å²) < 4.78 is 10.4. The second-order valence-electron chi connectivity index (χ2n) is 5.37. The second-order valence-corrected chi connectivity index (χ2v) is 6.37. The molecule has 0 radical (unpaired) electrons. The van der Waals surface area contributed by atoms with Crippen LogP contribution in [0.3, 0.4) is 0 Å². The molecule has 24 heavy (non-hydrogen) atoms. The first-order valence-electron chi connectivity index (χ1n) is 7.33. The van der Waals surface area contributed by atoms with Crippen molar-refractivity contribution in [2.45, 2.75) is 20.5 Å². The number of thiophene rings is 1. The Morgan fingerprint density at radius 3 is 2.67 bits per heavy atom. The van der Waals surface area contributed by atoms with Crippen LogP contribution in [0.25, 0.3) is 10.2 Å². The molecule has 0 aliphatic rings. The number of methoxy groups -OCH3 is 2. The van der Waals surface area contributed by atoms with Crippen molar-refractivity contribution in [3.63, 3.8) is 0 Å². The van der Waals surface area contributed by atoms with E-state index in [0.717, 1.165) is 15.8 Å². The number of nitrogens with one attached hydrogen (secondary N) is 1. The number of amides is 1. The van der Waals surface area contributed by atoms with Gasteiger partial charge in [0.15, 0.2) is 5.82 Å². The molecule has 9 heteroatoms. The monoisotopic (exact) mass is 374 g/mol. The molecule has 2 aromatic heterocycles. The van der Waals surface area contributed by atoms with E-state index in [4.69, 9.17) is 15.2 Å². The summed E-state index contributed by atoms with van der Waals surface area (Å²) in [4.78, 5) is 22.5. The average molecular weight is 375 g/mol. The van der Waals surface area contributed by atoms with Crippen molar-refractivity contribution in [2.24, 2.45) is 11.7 Å². The van der Waals surface area contributed by atoms with E-state index >= 15 is 0 Å². The predicted octanol–water partition coefficient (Wildman–Crippen LogP) is 1.90. The van der Waals surface area contributed by atoms with E-state index in [0.29, 0.717) is 36.3 Å². The Labute approximate surface area is 151 Å². The molecule has 0 aromatic carbocycles. The highest BCUT2D eigenvalue weighted by Gasteiger charge is 2.21. The molecule has 1 unspecified atom stereocenters. The third kappa shape index (κ3) is 4.32. The minimum absolute atomic E-state index is 0. The number of nitrogens with zero attached hydrogens (tertiary/aromatic N) is 2. The molecule has 0 aliphatic heterocycles. The number of nitrogens with two attached hydrogens (primary N) is 1. The van der Waals surface area contributed by atoms with E-state index in [2.05, 4.69) is 15.3 Å². The van der Waals surface area contributed by atoms with Gasteiger partial charge >= 0.3 is 0 Å². The van der Waals surface area contributed by atoms with E-state index in [1.165, 1.54) is 11.3 Å². The summed E-state index contributed by atoms with van der Waals surface area (Å²) in [6.07, 6.45) is 0. The number of fused-ring (bicyclic) bond motifs is 1. The summed E-state index contributed by atoms with van der Waals surface area (Å²) >= 11 is 1.33. The van der Waals surface area contributed by atoms with Crippen molar-refractivity contribution in [2.75, 3.05) is 27.3 Å². The Kier molecular flexibility index (Phi) is 7.82. The lowest BCUT2D eigenvalue weighted by molar-refractivity contribution is 0.0952. The zero-order valence-electron chi connectivity index (χ0n) is 14.2. The van der Waals surface area contributed by atoms with Crippen molar-refractivity contribution in [1.82, 2.24) is 15.3 Å². The molecule has 0 bridgehead atoms. The molecule has 134 valence electrons. The van der Waals surface area contributed by atoms with Crippen LogP contribution in [-0.2, 0) is 11.3 Å². The highest BCUT2D eigenvalue weighted by molar-refractivity contribution is 7.20. The van der Waals surface area contributed by atoms with Gasteiger partial charge in [-0.3, -0.25) is 4.79 Å². The zero-order valence-corrected chi connectivity index (χ0v) is 15.8. The van der Waals surface area contributed by atoms with Gasteiger partial charge in [-0.2, -0.15) is 4.98 Å². The van der Waals surface area contributed by atoms with Gasteiger partial charge in [-0.25, -0.2) is 4.98 Å². The molecule has 2 aromatic rings. The molecular weight excluding hydrogens is 352 g/mol. The Morgan fingerprint density at radius 1 is 1.38 bits per heavy atom. The molecule has 2 rings (SSSR count). The number of carbonyl (C=O) groups excluding carboxylic acids is 1. The Bertz CT molecular complexity index is 708. The number of hydrogen-bond donors (Lipinski definition) is 2. The van der Waals surface area contributed by atoms with Crippen LogP contribution in [0, 0.1) is 12.8 Å². The smallest absolute Gasteiger partial charge is 0.261 e. The lowest BCUT2D eigenvalue weighted by atomic mass is 10.1. The quantitative estimate of drug-likeness (QED) is 0.767. The van der Waals surface area contributed by atoms with Gasteiger partial charge in [-0.1, -0.05) is 6.92 Å². The lowest BCUT2D eigenvalue weighted by Crippen LogP contribution is -2.31. The van der Waals surface area contributed by atoms with Crippen LogP contribution in [-0.4, -0.2) is 43.2 Å². The average Bonchev–Trinajstić information content (AvgIpc) is 2.88. The minimum atomic E-state index is -0.124.